The van der Waals surface area contributed by atoms with Crippen molar-refractivity contribution in [2.75, 3.05) is 5.32 Å². The molecule has 2 rings (SSSR count). The maximum Gasteiger partial charge on any atom is 0.227 e. The molecule has 1 N–H and O–H groups in total. The molecule has 2 nitrogen and oxygen atoms in total. The Labute approximate surface area is 131 Å². The van der Waals surface area contributed by atoms with Gasteiger partial charge in [-0.2, -0.15) is 0 Å². The van der Waals surface area contributed by atoms with Crippen molar-refractivity contribution in [2.24, 2.45) is 23.7 Å². The Balaban J connectivity index is 2.13. The minimum absolute atomic E-state index is 0.0381. The SMILES string of the molecule is CC(C)C1CC[C@@H](C)C[C@H]1C(=O)Nc1ccc(Cl)cc1F. The maximum atomic E-state index is 13.8. The van der Waals surface area contributed by atoms with Gasteiger partial charge in [0, 0.05) is 10.9 Å². The van der Waals surface area contributed by atoms with E-state index in [2.05, 4.69) is 26.1 Å². The van der Waals surface area contributed by atoms with E-state index in [0.717, 1.165) is 12.8 Å². The van der Waals surface area contributed by atoms with Gasteiger partial charge in [-0.15, -0.1) is 0 Å². The van der Waals surface area contributed by atoms with Crippen LogP contribution in [0.3, 0.4) is 0 Å². The van der Waals surface area contributed by atoms with Crippen LogP contribution in [0.4, 0.5) is 10.1 Å². The van der Waals surface area contributed by atoms with Crippen LogP contribution in [0.15, 0.2) is 18.2 Å². The van der Waals surface area contributed by atoms with E-state index in [9.17, 15) is 9.18 Å². The summed E-state index contributed by atoms with van der Waals surface area (Å²) in [5.41, 5.74) is 0.213. The molecule has 0 spiro atoms. The van der Waals surface area contributed by atoms with E-state index in [4.69, 9.17) is 11.6 Å². The number of benzene rings is 1. The van der Waals surface area contributed by atoms with Gasteiger partial charge in [0.2, 0.25) is 5.91 Å². The van der Waals surface area contributed by atoms with E-state index in [1.807, 2.05) is 0 Å². The van der Waals surface area contributed by atoms with E-state index < -0.39 is 5.82 Å². The van der Waals surface area contributed by atoms with Gasteiger partial charge in [-0.1, -0.05) is 38.8 Å². The summed E-state index contributed by atoms with van der Waals surface area (Å²) >= 11 is 5.73. The molecule has 0 aromatic heterocycles. The second kappa shape index (κ2) is 6.78. The Hall–Kier alpha value is -1.09. The molecule has 1 unspecified atom stereocenters. The first-order chi connectivity index (χ1) is 9.88. The summed E-state index contributed by atoms with van der Waals surface area (Å²) in [4.78, 5) is 12.6. The van der Waals surface area contributed by atoms with E-state index in [-0.39, 0.29) is 17.5 Å². The zero-order valence-corrected chi connectivity index (χ0v) is 13.6. The molecule has 3 atom stereocenters. The quantitative estimate of drug-likeness (QED) is 0.824. The molecule has 1 saturated carbocycles. The van der Waals surface area contributed by atoms with Crippen molar-refractivity contribution in [1.29, 1.82) is 0 Å². The molecule has 0 radical (unpaired) electrons. The van der Waals surface area contributed by atoms with Crippen LogP contribution in [0.1, 0.15) is 40.0 Å². The average Bonchev–Trinajstić information content (AvgIpc) is 2.41. The first kappa shape index (κ1) is 16.3. The Morgan fingerprint density at radius 2 is 2.10 bits per heavy atom. The van der Waals surface area contributed by atoms with Crippen molar-refractivity contribution in [3.8, 4) is 0 Å². The Morgan fingerprint density at radius 1 is 1.38 bits per heavy atom. The number of amides is 1. The molecule has 0 bridgehead atoms. The van der Waals surface area contributed by atoms with Crippen molar-refractivity contribution in [3.05, 3.63) is 29.0 Å². The number of carbonyl (C=O) groups excluding carboxylic acids is 1. The topological polar surface area (TPSA) is 29.1 Å². The lowest BCUT2D eigenvalue weighted by Crippen LogP contribution is -2.36. The lowest BCUT2D eigenvalue weighted by Gasteiger charge is -2.36. The lowest BCUT2D eigenvalue weighted by atomic mass is 9.70. The molecule has 1 aromatic rings. The number of hydrogen-bond acceptors (Lipinski definition) is 1. The van der Waals surface area contributed by atoms with Crippen LogP contribution in [-0.4, -0.2) is 5.91 Å². The Bertz CT molecular complexity index is 518. The van der Waals surface area contributed by atoms with Gasteiger partial charge in [-0.25, -0.2) is 4.39 Å². The minimum atomic E-state index is -0.485. The van der Waals surface area contributed by atoms with Gasteiger partial charge >= 0.3 is 0 Å². The maximum absolute atomic E-state index is 13.8. The second-order valence-electron chi connectivity index (χ2n) is 6.55. The van der Waals surface area contributed by atoms with E-state index in [0.29, 0.717) is 22.8 Å². The standard InChI is InChI=1S/C17H23ClFNO/c1-10(2)13-6-4-11(3)8-14(13)17(21)20-16-7-5-12(18)9-15(16)19/h5,7,9-11,13-14H,4,6,8H2,1-3H3,(H,20,21)/t11-,13?,14-/m1/s1. The molecule has 1 amide bonds. The summed E-state index contributed by atoms with van der Waals surface area (Å²) in [6.45, 7) is 6.49. The molecule has 1 aromatic carbocycles. The van der Waals surface area contributed by atoms with Crippen LogP contribution < -0.4 is 5.32 Å². The Kier molecular flexibility index (Phi) is 5.26. The molecule has 1 aliphatic carbocycles. The van der Waals surface area contributed by atoms with Gasteiger partial charge in [-0.05, 0) is 48.8 Å². The van der Waals surface area contributed by atoms with Crippen LogP contribution in [0, 0.1) is 29.5 Å². The van der Waals surface area contributed by atoms with Crippen LogP contribution >= 0.6 is 11.6 Å². The van der Waals surface area contributed by atoms with E-state index >= 15 is 0 Å². The number of hydrogen-bond donors (Lipinski definition) is 1. The fourth-order valence-corrected chi connectivity index (χ4v) is 3.48. The van der Waals surface area contributed by atoms with Gasteiger partial charge in [0.05, 0.1) is 5.69 Å². The number of rotatable bonds is 3. The zero-order chi connectivity index (χ0) is 15.6. The molecular formula is C17H23ClFNO. The predicted octanol–water partition coefficient (Wildman–Crippen LogP) is 5.13. The fraction of sp³-hybridized carbons (Fsp3) is 0.588. The highest BCUT2D eigenvalue weighted by molar-refractivity contribution is 6.30. The summed E-state index contributed by atoms with van der Waals surface area (Å²) in [5, 5.41) is 3.07. The molecule has 0 saturated heterocycles. The highest BCUT2D eigenvalue weighted by Gasteiger charge is 2.35. The molecule has 1 aliphatic rings. The first-order valence-electron chi connectivity index (χ1n) is 7.64. The molecule has 0 heterocycles. The molecule has 0 aliphatic heterocycles. The Morgan fingerprint density at radius 3 is 2.71 bits per heavy atom. The summed E-state index contributed by atoms with van der Waals surface area (Å²) in [7, 11) is 0. The summed E-state index contributed by atoms with van der Waals surface area (Å²) in [6.07, 6.45) is 3.12. The van der Waals surface area contributed by atoms with Gasteiger partial charge in [-0.3, -0.25) is 4.79 Å². The van der Waals surface area contributed by atoms with Crippen LogP contribution in [0.5, 0.6) is 0 Å². The average molecular weight is 312 g/mol. The molecule has 4 heteroatoms. The third kappa shape index (κ3) is 3.97. The number of nitrogens with one attached hydrogen (secondary N) is 1. The van der Waals surface area contributed by atoms with Crippen LogP contribution in [-0.2, 0) is 4.79 Å². The van der Waals surface area contributed by atoms with Gasteiger partial charge in [0.15, 0.2) is 0 Å². The van der Waals surface area contributed by atoms with Crippen molar-refractivity contribution in [3.63, 3.8) is 0 Å². The monoisotopic (exact) mass is 311 g/mol. The van der Waals surface area contributed by atoms with Crippen molar-refractivity contribution < 1.29 is 9.18 Å². The smallest absolute Gasteiger partial charge is 0.227 e. The fourth-order valence-electron chi connectivity index (χ4n) is 3.32. The molecule has 21 heavy (non-hydrogen) atoms. The van der Waals surface area contributed by atoms with Gasteiger partial charge in [0.1, 0.15) is 5.82 Å². The largest absolute Gasteiger partial charge is 0.323 e. The minimum Gasteiger partial charge on any atom is -0.323 e. The summed E-state index contributed by atoms with van der Waals surface area (Å²) in [5.74, 6) is 0.789. The number of anilines is 1. The van der Waals surface area contributed by atoms with Crippen molar-refractivity contribution in [1.82, 2.24) is 0 Å². The molecule has 1 fully saturated rings. The predicted molar refractivity (Wildman–Crippen MR) is 84.9 cm³/mol. The highest BCUT2D eigenvalue weighted by atomic mass is 35.5. The second-order valence-corrected chi connectivity index (χ2v) is 6.98. The van der Waals surface area contributed by atoms with Crippen LogP contribution in [0.25, 0.3) is 0 Å². The van der Waals surface area contributed by atoms with Gasteiger partial charge < -0.3 is 5.32 Å². The normalized spacial score (nSPS) is 25.9. The number of halogens is 2. The number of carbonyl (C=O) groups is 1. The van der Waals surface area contributed by atoms with Gasteiger partial charge in [0.25, 0.3) is 0 Å². The zero-order valence-electron chi connectivity index (χ0n) is 12.8. The third-order valence-corrected chi connectivity index (χ3v) is 4.78. The highest BCUT2D eigenvalue weighted by Crippen LogP contribution is 2.38. The van der Waals surface area contributed by atoms with Crippen molar-refractivity contribution in [2.45, 2.75) is 40.0 Å². The lowest BCUT2D eigenvalue weighted by molar-refractivity contribution is -0.124. The summed E-state index contributed by atoms with van der Waals surface area (Å²) < 4.78 is 13.8. The van der Waals surface area contributed by atoms with E-state index in [1.165, 1.54) is 18.6 Å². The van der Waals surface area contributed by atoms with Crippen molar-refractivity contribution >= 4 is 23.2 Å². The molecule has 116 valence electrons. The first-order valence-corrected chi connectivity index (χ1v) is 8.02. The summed E-state index contributed by atoms with van der Waals surface area (Å²) in [6, 6.07) is 4.33. The molecular weight excluding hydrogens is 289 g/mol. The van der Waals surface area contributed by atoms with Crippen LogP contribution in [0.2, 0.25) is 5.02 Å². The van der Waals surface area contributed by atoms with E-state index in [1.54, 1.807) is 6.07 Å². The third-order valence-electron chi connectivity index (χ3n) is 4.55.